The molecule has 0 radical (unpaired) electrons. The number of piperidine rings is 1. The number of likely N-dealkylation sites (tertiary alicyclic amines) is 1. The molecule has 1 aliphatic rings. The SMILES string of the molecule is CC(C(=O)NCc1ccc(CN2CCCCC2)cc1)N(c1cc(Cl)ccc1Cl)S(C)(=O)=O. The predicted octanol–water partition coefficient (Wildman–Crippen LogP) is 4.45. The second-order valence-electron chi connectivity index (χ2n) is 8.20. The molecule has 0 aromatic heterocycles. The highest BCUT2D eigenvalue weighted by atomic mass is 35.5. The lowest BCUT2D eigenvalue weighted by Gasteiger charge is -2.29. The number of hydrogen-bond donors (Lipinski definition) is 1. The number of halogens is 2. The number of nitrogens with one attached hydrogen (secondary N) is 1. The molecular weight excluding hydrogens is 469 g/mol. The molecule has 0 spiro atoms. The van der Waals surface area contributed by atoms with Gasteiger partial charge in [-0.05, 0) is 62.2 Å². The van der Waals surface area contributed by atoms with Gasteiger partial charge < -0.3 is 5.32 Å². The maximum Gasteiger partial charge on any atom is 0.243 e. The minimum absolute atomic E-state index is 0.173. The second-order valence-corrected chi connectivity index (χ2v) is 10.9. The quantitative estimate of drug-likeness (QED) is 0.584. The molecule has 2 aromatic carbocycles. The van der Waals surface area contributed by atoms with Crippen molar-refractivity contribution in [2.45, 2.75) is 45.3 Å². The summed E-state index contributed by atoms with van der Waals surface area (Å²) in [6.07, 6.45) is 4.86. The molecule has 0 saturated carbocycles. The van der Waals surface area contributed by atoms with Crippen LogP contribution in [0.5, 0.6) is 0 Å². The maximum absolute atomic E-state index is 12.8. The maximum atomic E-state index is 12.8. The fourth-order valence-corrected chi connectivity index (χ4v) is 5.51. The number of carbonyl (C=O) groups is 1. The van der Waals surface area contributed by atoms with Gasteiger partial charge in [-0.3, -0.25) is 14.0 Å². The van der Waals surface area contributed by atoms with E-state index in [0.717, 1.165) is 35.8 Å². The third kappa shape index (κ3) is 6.61. The monoisotopic (exact) mass is 497 g/mol. The van der Waals surface area contributed by atoms with E-state index in [1.165, 1.54) is 43.9 Å². The molecule has 2 aromatic rings. The summed E-state index contributed by atoms with van der Waals surface area (Å²) in [5.41, 5.74) is 2.36. The van der Waals surface area contributed by atoms with Crippen molar-refractivity contribution in [3.8, 4) is 0 Å². The van der Waals surface area contributed by atoms with Crippen LogP contribution >= 0.6 is 23.2 Å². The Labute approximate surface area is 200 Å². The normalized spacial score (nSPS) is 15.9. The largest absolute Gasteiger partial charge is 0.350 e. The number of anilines is 1. The molecule has 174 valence electrons. The minimum atomic E-state index is -3.78. The first-order chi connectivity index (χ1) is 15.1. The smallest absolute Gasteiger partial charge is 0.243 e. The van der Waals surface area contributed by atoms with Crippen LogP contribution in [0.15, 0.2) is 42.5 Å². The van der Waals surface area contributed by atoms with E-state index in [0.29, 0.717) is 11.6 Å². The van der Waals surface area contributed by atoms with Crippen LogP contribution in [0.2, 0.25) is 10.0 Å². The Hall–Kier alpha value is -1.80. The molecule has 1 fully saturated rings. The molecule has 9 heteroatoms. The van der Waals surface area contributed by atoms with Gasteiger partial charge in [0.1, 0.15) is 6.04 Å². The van der Waals surface area contributed by atoms with Gasteiger partial charge in [0.15, 0.2) is 0 Å². The summed E-state index contributed by atoms with van der Waals surface area (Å²) < 4.78 is 25.9. The molecule has 1 unspecified atom stereocenters. The number of hydrogen-bond acceptors (Lipinski definition) is 4. The fourth-order valence-electron chi connectivity index (χ4n) is 3.91. The Morgan fingerprint density at radius 1 is 1.06 bits per heavy atom. The first-order valence-corrected chi connectivity index (χ1v) is 13.3. The molecule has 1 atom stereocenters. The van der Waals surface area contributed by atoms with E-state index < -0.39 is 22.0 Å². The summed E-state index contributed by atoms with van der Waals surface area (Å²) in [6, 6.07) is 11.6. The lowest BCUT2D eigenvalue weighted by molar-refractivity contribution is -0.122. The van der Waals surface area contributed by atoms with Gasteiger partial charge in [-0.25, -0.2) is 8.42 Å². The van der Waals surface area contributed by atoms with E-state index in [4.69, 9.17) is 23.2 Å². The van der Waals surface area contributed by atoms with Crippen molar-refractivity contribution in [3.05, 3.63) is 63.6 Å². The number of carbonyl (C=O) groups excluding carboxylic acids is 1. The molecule has 0 aliphatic carbocycles. The molecule has 6 nitrogen and oxygen atoms in total. The van der Waals surface area contributed by atoms with Crippen molar-refractivity contribution in [2.75, 3.05) is 23.7 Å². The highest BCUT2D eigenvalue weighted by molar-refractivity contribution is 7.92. The highest BCUT2D eigenvalue weighted by Gasteiger charge is 2.30. The first kappa shape index (κ1) is 24.8. The van der Waals surface area contributed by atoms with Crippen LogP contribution in [-0.4, -0.2) is 44.6 Å². The van der Waals surface area contributed by atoms with Crippen molar-refractivity contribution in [2.24, 2.45) is 0 Å². The van der Waals surface area contributed by atoms with Crippen molar-refractivity contribution < 1.29 is 13.2 Å². The Morgan fingerprint density at radius 2 is 1.69 bits per heavy atom. The number of benzene rings is 2. The second kappa shape index (κ2) is 10.9. The average molecular weight is 498 g/mol. The molecule has 1 aliphatic heterocycles. The van der Waals surface area contributed by atoms with Gasteiger partial charge in [0, 0.05) is 18.1 Å². The third-order valence-corrected chi connectivity index (χ3v) is 7.36. The topological polar surface area (TPSA) is 69.7 Å². The summed E-state index contributed by atoms with van der Waals surface area (Å²) >= 11 is 12.2. The minimum Gasteiger partial charge on any atom is -0.350 e. The van der Waals surface area contributed by atoms with Gasteiger partial charge >= 0.3 is 0 Å². The molecule has 1 amide bonds. The Morgan fingerprint density at radius 3 is 2.31 bits per heavy atom. The van der Waals surface area contributed by atoms with E-state index in [1.807, 2.05) is 12.1 Å². The summed E-state index contributed by atoms with van der Waals surface area (Å²) in [5.74, 6) is -0.427. The van der Waals surface area contributed by atoms with Gasteiger partial charge in [0.2, 0.25) is 15.9 Å². The standard InChI is InChI=1S/C23H29Cl2N3O3S/c1-17(28(32(2,30)31)22-14-20(24)10-11-21(22)25)23(29)26-15-18-6-8-19(9-7-18)16-27-12-4-3-5-13-27/h6-11,14,17H,3-5,12-13,15-16H2,1-2H3,(H,26,29). The lowest BCUT2D eigenvalue weighted by atomic mass is 10.1. The van der Waals surface area contributed by atoms with Crippen LogP contribution < -0.4 is 9.62 Å². The highest BCUT2D eigenvalue weighted by Crippen LogP contribution is 2.32. The average Bonchev–Trinajstić information content (AvgIpc) is 2.75. The number of amides is 1. The number of nitrogens with zero attached hydrogens (tertiary/aromatic N) is 2. The van der Waals surface area contributed by atoms with Crippen LogP contribution in [0.3, 0.4) is 0 Å². The summed E-state index contributed by atoms with van der Waals surface area (Å²) in [4.78, 5) is 15.3. The van der Waals surface area contributed by atoms with E-state index in [2.05, 4.69) is 22.3 Å². The van der Waals surface area contributed by atoms with Crippen molar-refractivity contribution >= 4 is 44.8 Å². The van der Waals surface area contributed by atoms with Crippen LogP contribution in [0.4, 0.5) is 5.69 Å². The van der Waals surface area contributed by atoms with Gasteiger partial charge in [0.25, 0.3) is 0 Å². The first-order valence-electron chi connectivity index (χ1n) is 10.7. The van der Waals surface area contributed by atoms with Gasteiger partial charge in [0.05, 0.1) is 17.0 Å². The van der Waals surface area contributed by atoms with Crippen LogP contribution in [0.25, 0.3) is 0 Å². The third-order valence-electron chi connectivity index (χ3n) is 5.58. The van der Waals surface area contributed by atoms with Crippen LogP contribution in [-0.2, 0) is 27.9 Å². The molecular formula is C23H29Cl2N3O3S. The predicted molar refractivity (Wildman–Crippen MR) is 131 cm³/mol. The lowest BCUT2D eigenvalue weighted by Crippen LogP contribution is -2.47. The van der Waals surface area contributed by atoms with Crippen molar-refractivity contribution in [1.82, 2.24) is 10.2 Å². The molecule has 1 heterocycles. The molecule has 3 rings (SSSR count). The van der Waals surface area contributed by atoms with Gasteiger partial charge in [-0.1, -0.05) is 53.9 Å². The number of rotatable bonds is 8. The van der Waals surface area contributed by atoms with Crippen LogP contribution in [0, 0.1) is 0 Å². The van der Waals surface area contributed by atoms with Crippen molar-refractivity contribution in [1.29, 1.82) is 0 Å². The Kier molecular flexibility index (Phi) is 8.44. The molecule has 32 heavy (non-hydrogen) atoms. The van der Waals surface area contributed by atoms with Crippen LogP contribution in [0.1, 0.15) is 37.3 Å². The Bertz CT molecular complexity index is 1040. The summed E-state index contributed by atoms with van der Waals surface area (Å²) in [5, 5.41) is 3.35. The zero-order valence-corrected chi connectivity index (χ0v) is 20.7. The van der Waals surface area contributed by atoms with Crippen molar-refractivity contribution in [3.63, 3.8) is 0 Å². The van der Waals surface area contributed by atoms with E-state index in [-0.39, 0.29) is 10.7 Å². The van der Waals surface area contributed by atoms with E-state index in [1.54, 1.807) is 6.07 Å². The zero-order valence-electron chi connectivity index (χ0n) is 18.4. The fraction of sp³-hybridized carbons (Fsp3) is 0.435. The zero-order chi connectivity index (χ0) is 23.3. The van der Waals surface area contributed by atoms with E-state index >= 15 is 0 Å². The summed E-state index contributed by atoms with van der Waals surface area (Å²) in [6.45, 7) is 5.04. The Balaban J connectivity index is 1.64. The van der Waals surface area contributed by atoms with Gasteiger partial charge in [-0.2, -0.15) is 0 Å². The van der Waals surface area contributed by atoms with Gasteiger partial charge in [-0.15, -0.1) is 0 Å². The molecule has 1 N–H and O–H groups in total. The van der Waals surface area contributed by atoms with E-state index in [9.17, 15) is 13.2 Å². The number of sulfonamides is 1. The molecule has 0 bridgehead atoms. The molecule has 1 saturated heterocycles. The summed E-state index contributed by atoms with van der Waals surface area (Å²) in [7, 11) is -3.78.